The van der Waals surface area contributed by atoms with E-state index in [0.717, 1.165) is 57.6 Å². The summed E-state index contributed by atoms with van der Waals surface area (Å²) >= 11 is 10.1. The van der Waals surface area contributed by atoms with Gasteiger partial charge >= 0.3 is 0 Å². The fraction of sp³-hybridized carbons (Fsp3) is 0.297. The number of aryl methyl sites for hydroxylation is 1. The molecule has 0 heterocycles. The van der Waals surface area contributed by atoms with E-state index in [4.69, 9.17) is 11.6 Å². The number of nitrogens with zero attached hydrogens (tertiary/aromatic N) is 2. The number of carbonyl (C=O) groups is 2. The lowest BCUT2D eigenvalue weighted by molar-refractivity contribution is -0.140. The Morgan fingerprint density at radius 2 is 1.49 bits per heavy atom. The third kappa shape index (κ3) is 9.03. The van der Waals surface area contributed by atoms with E-state index in [9.17, 15) is 18.0 Å². The second-order valence-electron chi connectivity index (χ2n) is 12.0. The Kier molecular flexibility index (Phi) is 11.8. The number of amides is 2. The second kappa shape index (κ2) is 16.0. The lowest BCUT2D eigenvalue weighted by Crippen LogP contribution is -2.55. The molecule has 0 aliphatic heterocycles. The predicted octanol–water partition coefficient (Wildman–Crippen LogP) is 7.70. The van der Waals surface area contributed by atoms with E-state index in [2.05, 4.69) is 21.2 Å². The monoisotopic (exact) mass is 735 g/mol. The van der Waals surface area contributed by atoms with Gasteiger partial charge in [-0.1, -0.05) is 119 Å². The van der Waals surface area contributed by atoms with Crippen LogP contribution in [0.5, 0.6) is 0 Å². The summed E-state index contributed by atoms with van der Waals surface area (Å²) in [5.74, 6) is -0.778. The molecule has 0 spiro atoms. The molecule has 0 radical (unpaired) electrons. The highest BCUT2D eigenvalue weighted by molar-refractivity contribution is 9.10. The van der Waals surface area contributed by atoms with Crippen LogP contribution >= 0.6 is 27.5 Å². The molecule has 2 amide bonds. The summed E-state index contributed by atoms with van der Waals surface area (Å²) in [4.78, 5) is 30.4. The SMILES string of the molecule is Cc1ccc(S(=O)(=O)N(CC(=O)N(Cc2ccc(Br)cc2)[C@H](Cc2ccccc2)C(=O)NC2CCCCC2)c2ccccc2Cl)cc1. The average Bonchev–Trinajstić information content (AvgIpc) is 3.07. The van der Waals surface area contributed by atoms with Crippen LogP contribution in [-0.4, -0.2) is 43.8 Å². The number of rotatable bonds is 12. The Morgan fingerprint density at radius 1 is 0.851 bits per heavy atom. The van der Waals surface area contributed by atoms with Crippen molar-refractivity contribution in [3.05, 3.63) is 129 Å². The average molecular weight is 737 g/mol. The van der Waals surface area contributed by atoms with Crippen molar-refractivity contribution in [3.8, 4) is 0 Å². The van der Waals surface area contributed by atoms with Gasteiger partial charge in [-0.15, -0.1) is 0 Å². The molecule has 10 heteroatoms. The molecule has 0 aromatic heterocycles. The standard InChI is InChI=1S/C37H39BrClN3O4S/c1-27-16-22-32(23-17-27)47(45,46)42(34-15-9-8-14-33(34)39)26-36(43)41(25-29-18-20-30(38)21-19-29)35(24-28-10-4-2-5-11-28)37(44)40-31-12-6-3-7-13-31/h2,4-5,8-11,14-23,31,35H,3,6-7,12-13,24-26H2,1H3,(H,40,44)/t35-/m1/s1. The molecule has 1 aliphatic carbocycles. The molecule has 7 nitrogen and oxygen atoms in total. The first-order valence-electron chi connectivity index (χ1n) is 15.8. The second-order valence-corrected chi connectivity index (χ2v) is 15.2. The third-order valence-electron chi connectivity index (χ3n) is 8.50. The lowest BCUT2D eigenvalue weighted by Gasteiger charge is -2.35. The Balaban J connectivity index is 1.56. The maximum Gasteiger partial charge on any atom is 0.264 e. The highest BCUT2D eigenvalue weighted by Crippen LogP contribution is 2.31. The van der Waals surface area contributed by atoms with Crippen LogP contribution in [0, 0.1) is 6.92 Å². The summed E-state index contributed by atoms with van der Waals surface area (Å²) in [6.07, 6.45) is 5.26. The number of carbonyl (C=O) groups excluding carboxylic acids is 2. The lowest BCUT2D eigenvalue weighted by atomic mass is 9.94. The van der Waals surface area contributed by atoms with Crippen LogP contribution in [0.4, 0.5) is 5.69 Å². The van der Waals surface area contributed by atoms with Gasteiger partial charge in [0.15, 0.2) is 0 Å². The highest BCUT2D eigenvalue weighted by Gasteiger charge is 2.36. The van der Waals surface area contributed by atoms with E-state index in [1.165, 1.54) is 17.0 Å². The first-order chi connectivity index (χ1) is 22.6. The van der Waals surface area contributed by atoms with Crippen molar-refractivity contribution in [2.24, 2.45) is 0 Å². The molecule has 1 fully saturated rings. The molecule has 0 saturated heterocycles. The number of sulfonamides is 1. The van der Waals surface area contributed by atoms with Crippen molar-refractivity contribution in [1.29, 1.82) is 0 Å². The molecule has 5 rings (SSSR count). The van der Waals surface area contributed by atoms with Crippen LogP contribution in [0.1, 0.15) is 48.8 Å². The smallest absolute Gasteiger partial charge is 0.264 e. The van der Waals surface area contributed by atoms with E-state index >= 15 is 0 Å². The van der Waals surface area contributed by atoms with Crippen molar-refractivity contribution in [3.63, 3.8) is 0 Å². The quantitative estimate of drug-likeness (QED) is 0.162. The van der Waals surface area contributed by atoms with Crippen molar-refractivity contribution in [2.75, 3.05) is 10.8 Å². The summed E-state index contributed by atoms with van der Waals surface area (Å²) in [5.41, 5.74) is 2.77. The van der Waals surface area contributed by atoms with E-state index in [1.54, 1.807) is 36.4 Å². The number of anilines is 1. The van der Waals surface area contributed by atoms with Crippen LogP contribution in [0.15, 0.2) is 112 Å². The Morgan fingerprint density at radius 3 is 2.15 bits per heavy atom. The van der Waals surface area contributed by atoms with E-state index in [0.29, 0.717) is 0 Å². The number of benzene rings is 4. The van der Waals surface area contributed by atoms with Crippen molar-refractivity contribution >= 4 is 55.1 Å². The van der Waals surface area contributed by atoms with Gasteiger partial charge in [0.25, 0.3) is 10.0 Å². The maximum atomic E-state index is 14.7. The molecular formula is C37H39BrClN3O4S. The Hall–Kier alpha value is -3.66. The van der Waals surface area contributed by atoms with Gasteiger partial charge in [-0.05, 0) is 67.3 Å². The third-order valence-corrected chi connectivity index (χ3v) is 11.1. The predicted molar refractivity (Wildman–Crippen MR) is 191 cm³/mol. The fourth-order valence-electron chi connectivity index (χ4n) is 5.89. The number of nitrogens with one attached hydrogen (secondary N) is 1. The highest BCUT2D eigenvalue weighted by atomic mass is 79.9. The largest absolute Gasteiger partial charge is 0.352 e. The molecule has 4 aromatic rings. The minimum atomic E-state index is -4.23. The Labute approximate surface area is 291 Å². The molecule has 47 heavy (non-hydrogen) atoms. The van der Waals surface area contributed by atoms with Crippen LogP contribution in [0.25, 0.3) is 0 Å². The first kappa shape index (κ1) is 34.7. The van der Waals surface area contributed by atoms with Crippen LogP contribution in [0.2, 0.25) is 5.02 Å². The van der Waals surface area contributed by atoms with Crippen molar-refractivity contribution in [2.45, 2.75) is 69.0 Å². The zero-order valence-electron chi connectivity index (χ0n) is 26.3. The summed E-state index contributed by atoms with van der Waals surface area (Å²) in [5, 5.41) is 3.42. The summed E-state index contributed by atoms with van der Waals surface area (Å²) in [7, 11) is -4.23. The van der Waals surface area contributed by atoms with E-state index in [-0.39, 0.29) is 40.5 Å². The summed E-state index contributed by atoms with van der Waals surface area (Å²) < 4.78 is 30.4. The van der Waals surface area contributed by atoms with Gasteiger partial charge < -0.3 is 10.2 Å². The molecule has 0 bridgehead atoms. The minimum absolute atomic E-state index is 0.0284. The van der Waals surface area contributed by atoms with E-state index in [1.807, 2.05) is 61.5 Å². The van der Waals surface area contributed by atoms with Crippen molar-refractivity contribution < 1.29 is 18.0 Å². The summed E-state index contributed by atoms with van der Waals surface area (Å²) in [6.45, 7) is 1.41. The number of halogens is 2. The van der Waals surface area contributed by atoms with Crippen LogP contribution in [-0.2, 0) is 32.6 Å². The van der Waals surface area contributed by atoms with Gasteiger partial charge in [-0.3, -0.25) is 13.9 Å². The fourth-order valence-corrected chi connectivity index (χ4v) is 7.87. The van der Waals surface area contributed by atoms with Crippen LogP contribution < -0.4 is 9.62 Å². The van der Waals surface area contributed by atoms with Gasteiger partial charge in [0.2, 0.25) is 11.8 Å². The molecule has 246 valence electrons. The maximum absolute atomic E-state index is 14.7. The molecule has 1 saturated carbocycles. The molecule has 1 N–H and O–H groups in total. The molecule has 1 atom stereocenters. The van der Waals surface area contributed by atoms with Gasteiger partial charge in [0.05, 0.1) is 15.6 Å². The normalized spacial score (nSPS) is 14.3. The molecule has 0 unspecified atom stereocenters. The van der Waals surface area contributed by atoms with Gasteiger partial charge in [0.1, 0.15) is 12.6 Å². The summed E-state index contributed by atoms with van der Waals surface area (Å²) in [6, 6.07) is 29.3. The van der Waals surface area contributed by atoms with Crippen LogP contribution in [0.3, 0.4) is 0 Å². The molecule has 1 aliphatic rings. The first-order valence-corrected chi connectivity index (χ1v) is 18.4. The topological polar surface area (TPSA) is 86.8 Å². The van der Waals surface area contributed by atoms with Gasteiger partial charge in [0, 0.05) is 23.5 Å². The molecule has 4 aromatic carbocycles. The van der Waals surface area contributed by atoms with Crippen molar-refractivity contribution in [1.82, 2.24) is 10.2 Å². The number of hydrogen-bond acceptors (Lipinski definition) is 4. The van der Waals surface area contributed by atoms with Gasteiger partial charge in [-0.25, -0.2) is 8.42 Å². The number of hydrogen-bond donors (Lipinski definition) is 1. The zero-order chi connectivity index (χ0) is 33.4. The number of para-hydroxylation sites is 1. The van der Waals surface area contributed by atoms with Gasteiger partial charge in [-0.2, -0.15) is 0 Å². The molecular weight excluding hydrogens is 698 g/mol. The minimum Gasteiger partial charge on any atom is -0.352 e. The zero-order valence-corrected chi connectivity index (χ0v) is 29.5. The van der Waals surface area contributed by atoms with E-state index < -0.39 is 28.5 Å². The Bertz CT molecular complexity index is 1760.